The van der Waals surface area contributed by atoms with E-state index in [1.807, 2.05) is 0 Å². The molecule has 0 bridgehead atoms. The fourth-order valence-electron chi connectivity index (χ4n) is 0.203. The molecule has 5 heteroatoms. The lowest BCUT2D eigenvalue weighted by molar-refractivity contribution is -0.113. The van der Waals surface area contributed by atoms with Gasteiger partial charge in [-0.05, 0) is 25.7 Å². The molecule has 0 rings (SSSR count). The predicted molar refractivity (Wildman–Crippen MR) is 41.4 cm³/mol. The summed E-state index contributed by atoms with van der Waals surface area (Å²) in [5.41, 5.74) is -0.698. The Morgan fingerprint density at radius 2 is 1.89 bits per heavy atom. The minimum atomic E-state index is -0.698. The van der Waals surface area contributed by atoms with Crippen molar-refractivity contribution in [2.75, 3.05) is 14.1 Å². The van der Waals surface area contributed by atoms with Gasteiger partial charge in [0.05, 0.1) is 0 Å². The van der Waals surface area contributed by atoms with Crippen LogP contribution in [0, 0.1) is 0 Å². The molecule has 0 aliphatic carbocycles. The second-order valence-electron chi connectivity index (χ2n) is 1.60. The van der Waals surface area contributed by atoms with Gasteiger partial charge in [0.15, 0.2) is 5.50 Å². The first-order valence-electron chi connectivity index (χ1n) is 2.05. The number of hydrogen-bond acceptors (Lipinski definition) is 2. The Kier molecular flexibility index (Phi) is 7.18. The van der Waals surface area contributed by atoms with Crippen LogP contribution in [0.3, 0.4) is 0 Å². The second kappa shape index (κ2) is 5.30. The number of rotatable bonds is 2. The Morgan fingerprint density at radius 3 is 1.89 bits per heavy atom. The molecule has 0 aliphatic rings. The molecule has 0 aliphatic heterocycles. The van der Waals surface area contributed by atoms with Gasteiger partial charge in [0.25, 0.3) is 5.24 Å². The Hall–Kier alpha value is 0.500. The summed E-state index contributed by atoms with van der Waals surface area (Å²) in [4.78, 5) is 11.7. The summed E-state index contributed by atoms with van der Waals surface area (Å²) in [7, 11) is 3.36. The monoisotopic (exact) mass is 191 g/mol. The summed E-state index contributed by atoms with van der Waals surface area (Å²) in [5.74, 6) is 0. The van der Waals surface area contributed by atoms with E-state index in [1.54, 1.807) is 14.1 Å². The van der Waals surface area contributed by atoms with Crippen LogP contribution < -0.4 is 0 Å². The van der Waals surface area contributed by atoms with E-state index < -0.39 is 10.7 Å². The Bertz CT molecular complexity index is 95.8. The molecule has 9 heavy (non-hydrogen) atoms. The van der Waals surface area contributed by atoms with Gasteiger partial charge in [-0.2, -0.15) is 0 Å². The third-order valence-electron chi connectivity index (χ3n) is 0.641. The van der Waals surface area contributed by atoms with Crippen LogP contribution in [0.25, 0.3) is 0 Å². The summed E-state index contributed by atoms with van der Waals surface area (Å²) in [6.07, 6.45) is 0. The molecule has 0 radical (unpaired) electrons. The van der Waals surface area contributed by atoms with E-state index >= 15 is 0 Å². The SMILES string of the molecule is CN(C)C(Cl)C(=O)Cl.Cl. The summed E-state index contributed by atoms with van der Waals surface area (Å²) in [6, 6.07) is 0. The van der Waals surface area contributed by atoms with Crippen molar-refractivity contribution >= 4 is 40.9 Å². The third kappa shape index (κ3) is 4.97. The fraction of sp³-hybridized carbons (Fsp3) is 0.750. The molecular formula is C4H8Cl3NO. The first-order valence-corrected chi connectivity index (χ1v) is 2.87. The summed E-state index contributed by atoms with van der Waals surface area (Å²) < 4.78 is 0. The maximum Gasteiger partial charge on any atom is 0.254 e. The molecule has 0 fully saturated rings. The van der Waals surface area contributed by atoms with E-state index in [1.165, 1.54) is 4.90 Å². The van der Waals surface area contributed by atoms with Crippen molar-refractivity contribution in [3.63, 3.8) is 0 Å². The van der Waals surface area contributed by atoms with E-state index in [4.69, 9.17) is 23.2 Å². The molecule has 0 aromatic carbocycles. The van der Waals surface area contributed by atoms with Crippen LogP contribution in [0.5, 0.6) is 0 Å². The maximum atomic E-state index is 10.2. The van der Waals surface area contributed by atoms with E-state index in [0.29, 0.717) is 0 Å². The van der Waals surface area contributed by atoms with Crippen molar-refractivity contribution < 1.29 is 4.79 Å². The van der Waals surface area contributed by atoms with Crippen LogP contribution >= 0.6 is 35.6 Å². The lowest BCUT2D eigenvalue weighted by atomic mass is 10.6. The minimum absolute atomic E-state index is 0. The Balaban J connectivity index is 0. The maximum absolute atomic E-state index is 10.2. The average Bonchev–Trinajstić information content (AvgIpc) is 1.64. The standard InChI is InChI=1S/C4H7Cl2NO.ClH/c1-7(2)3(5)4(6)8;/h3H,1-2H3;1H. The fourth-order valence-corrected chi connectivity index (χ4v) is 0.398. The van der Waals surface area contributed by atoms with Crippen LogP contribution in [0.2, 0.25) is 0 Å². The van der Waals surface area contributed by atoms with Crippen LogP contribution in [0.15, 0.2) is 0 Å². The van der Waals surface area contributed by atoms with Crippen molar-refractivity contribution in [1.29, 1.82) is 0 Å². The Labute approximate surface area is 70.5 Å². The number of likely N-dealkylation sites (N-methyl/N-ethyl adjacent to an activating group) is 1. The zero-order valence-electron chi connectivity index (χ0n) is 5.10. The molecule has 56 valence electrons. The molecule has 0 saturated heterocycles. The molecule has 0 heterocycles. The van der Waals surface area contributed by atoms with Crippen molar-refractivity contribution in [2.45, 2.75) is 5.50 Å². The lowest BCUT2D eigenvalue weighted by Gasteiger charge is -2.11. The molecule has 1 unspecified atom stereocenters. The predicted octanol–water partition coefficient (Wildman–Crippen LogP) is 1.30. The molecule has 2 nitrogen and oxygen atoms in total. The van der Waals surface area contributed by atoms with Gasteiger partial charge in [-0.25, -0.2) is 0 Å². The van der Waals surface area contributed by atoms with Crippen LogP contribution in [-0.4, -0.2) is 29.7 Å². The third-order valence-corrected chi connectivity index (χ3v) is 1.55. The van der Waals surface area contributed by atoms with Crippen LogP contribution in [-0.2, 0) is 4.79 Å². The van der Waals surface area contributed by atoms with E-state index in [2.05, 4.69) is 0 Å². The topological polar surface area (TPSA) is 20.3 Å². The van der Waals surface area contributed by atoms with Crippen molar-refractivity contribution in [1.82, 2.24) is 4.90 Å². The molecule has 0 saturated carbocycles. The van der Waals surface area contributed by atoms with Gasteiger partial charge in [0, 0.05) is 0 Å². The summed E-state index contributed by atoms with van der Waals surface area (Å²) in [6.45, 7) is 0. The number of nitrogens with zero attached hydrogens (tertiary/aromatic N) is 1. The minimum Gasteiger partial charge on any atom is -0.286 e. The smallest absolute Gasteiger partial charge is 0.254 e. The number of halogens is 3. The number of alkyl halides is 1. The van der Waals surface area contributed by atoms with Crippen LogP contribution in [0.4, 0.5) is 0 Å². The Morgan fingerprint density at radius 1 is 1.56 bits per heavy atom. The van der Waals surface area contributed by atoms with Gasteiger partial charge < -0.3 is 0 Å². The van der Waals surface area contributed by atoms with Gasteiger partial charge in [0.2, 0.25) is 0 Å². The average molecular weight is 192 g/mol. The summed E-state index contributed by atoms with van der Waals surface area (Å²) in [5, 5.41) is -0.545. The van der Waals surface area contributed by atoms with E-state index in [0.717, 1.165) is 0 Å². The number of hydrogen-bond donors (Lipinski definition) is 0. The second-order valence-corrected chi connectivity index (χ2v) is 2.39. The van der Waals surface area contributed by atoms with Crippen molar-refractivity contribution in [2.24, 2.45) is 0 Å². The van der Waals surface area contributed by atoms with Crippen LogP contribution in [0.1, 0.15) is 0 Å². The summed E-state index contributed by atoms with van der Waals surface area (Å²) >= 11 is 10.4. The highest BCUT2D eigenvalue weighted by Crippen LogP contribution is 2.02. The van der Waals surface area contributed by atoms with Gasteiger partial charge in [-0.1, -0.05) is 11.6 Å². The van der Waals surface area contributed by atoms with Crippen molar-refractivity contribution in [3.05, 3.63) is 0 Å². The quantitative estimate of drug-likeness (QED) is 0.373. The number of carbonyl (C=O) groups is 1. The van der Waals surface area contributed by atoms with E-state index in [9.17, 15) is 4.79 Å². The highest BCUT2D eigenvalue weighted by atomic mass is 35.5. The van der Waals surface area contributed by atoms with Gasteiger partial charge in [0.1, 0.15) is 0 Å². The zero-order chi connectivity index (χ0) is 6.73. The molecule has 0 N–H and O–H groups in total. The molecule has 0 amide bonds. The van der Waals surface area contributed by atoms with Gasteiger partial charge in [-0.15, -0.1) is 12.4 Å². The largest absolute Gasteiger partial charge is 0.286 e. The first-order chi connectivity index (χ1) is 3.55. The first kappa shape index (κ1) is 12.2. The zero-order valence-corrected chi connectivity index (χ0v) is 7.43. The van der Waals surface area contributed by atoms with E-state index in [-0.39, 0.29) is 12.4 Å². The van der Waals surface area contributed by atoms with Gasteiger partial charge in [-0.3, -0.25) is 9.69 Å². The molecular weight excluding hydrogens is 184 g/mol. The van der Waals surface area contributed by atoms with Crippen molar-refractivity contribution in [3.8, 4) is 0 Å². The normalized spacial score (nSPS) is 12.6. The highest BCUT2D eigenvalue weighted by Gasteiger charge is 2.13. The lowest BCUT2D eigenvalue weighted by Crippen LogP contribution is -2.27. The number of carbonyl (C=O) groups excluding carboxylic acids is 1. The highest BCUT2D eigenvalue weighted by molar-refractivity contribution is 6.68. The molecule has 0 aromatic rings. The molecule has 0 spiro atoms. The van der Waals surface area contributed by atoms with Gasteiger partial charge >= 0.3 is 0 Å². The molecule has 1 atom stereocenters. The molecule has 0 aromatic heterocycles.